The maximum atomic E-state index is 11.6. The summed E-state index contributed by atoms with van der Waals surface area (Å²) in [6.07, 6.45) is 3.91. The molecule has 0 bridgehead atoms. The van der Waals surface area contributed by atoms with E-state index in [0.717, 1.165) is 33.3 Å². The van der Waals surface area contributed by atoms with Crippen LogP contribution in [-0.2, 0) is 10.3 Å². The number of aromatic nitrogens is 3. The molecule has 24 heavy (non-hydrogen) atoms. The third kappa shape index (κ3) is 2.22. The summed E-state index contributed by atoms with van der Waals surface area (Å²) in [6.45, 7) is 4.57. The van der Waals surface area contributed by atoms with Crippen LogP contribution in [0.25, 0.3) is 22.2 Å². The van der Waals surface area contributed by atoms with E-state index in [1.807, 2.05) is 19.9 Å². The van der Waals surface area contributed by atoms with E-state index in [0.29, 0.717) is 13.0 Å². The molecule has 1 saturated heterocycles. The van der Waals surface area contributed by atoms with Crippen molar-refractivity contribution in [2.75, 3.05) is 6.54 Å². The number of pyridine rings is 1. The van der Waals surface area contributed by atoms with Gasteiger partial charge in [0.1, 0.15) is 0 Å². The molecule has 3 heterocycles. The van der Waals surface area contributed by atoms with Crippen molar-refractivity contribution in [1.82, 2.24) is 20.5 Å². The summed E-state index contributed by atoms with van der Waals surface area (Å²) in [5.74, 6) is 0. The molecule has 3 aromatic rings. The standard InChI is InChI=1S/C18H18N4O2/c1-3-18(10-20-17(23)24-18)13-7-11(2)6-12(8-13)14-4-5-19-16-15(14)9-21-22-16/h4-9H,3,10H2,1-2H3,(H,20,23)(H,19,21,22). The van der Waals surface area contributed by atoms with E-state index < -0.39 is 5.60 Å². The van der Waals surface area contributed by atoms with Crippen LogP contribution in [0.4, 0.5) is 4.79 Å². The molecule has 1 aromatic carbocycles. The summed E-state index contributed by atoms with van der Waals surface area (Å²) in [5.41, 5.74) is 4.39. The molecule has 4 rings (SSSR count). The second-order valence-corrected chi connectivity index (χ2v) is 6.17. The van der Waals surface area contributed by atoms with Gasteiger partial charge in [0.25, 0.3) is 0 Å². The van der Waals surface area contributed by atoms with Crippen molar-refractivity contribution < 1.29 is 9.53 Å². The molecular formula is C18H18N4O2. The fourth-order valence-corrected chi connectivity index (χ4v) is 3.33. The normalized spacial score (nSPS) is 20.2. The van der Waals surface area contributed by atoms with E-state index in [4.69, 9.17) is 4.74 Å². The molecule has 1 aliphatic rings. The number of fused-ring (bicyclic) bond motifs is 1. The van der Waals surface area contributed by atoms with Crippen molar-refractivity contribution in [3.05, 3.63) is 47.8 Å². The smallest absolute Gasteiger partial charge is 0.408 e. The third-order valence-electron chi connectivity index (χ3n) is 4.65. The van der Waals surface area contributed by atoms with Crippen LogP contribution in [0.15, 0.2) is 36.7 Å². The predicted octanol–water partition coefficient (Wildman–Crippen LogP) is 3.28. The van der Waals surface area contributed by atoms with Crippen molar-refractivity contribution in [3.8, 4) is 11.1 Å². The summed E-state index contributed by atoms with van der Waals surface area (Å²) in [5, 5.41) is 10.7. The molecule has 0 radical (unpaired) electrons. The van der Waals surface area contributed by atoms with Gasteiger partial charge in [0.2, 0.25) is 0 Å². The van der Waals surface area contributed by atoms with Crippen molar-refractivity contribution >= 4 is 17.1 Å². The number of carbonyl (C=O) groups is 1. The van der Waals surface area contributed by atoms with Gasteiger partial charge < -0.3 is 10.1 Å². The molecule has 0 spiro atoms. The Balaban J connectivity index is 1.88. The first-order valence-electron chi connectivity index (χ1n) is 7.99. The average Bonchev–Trinajstić information content (AvgIpc) is 3.21. The number of alkyl carbamates (subject to hydrolysis) is 1. The number of amides is 1. The van der Waals surface area contributed by atoms with Crippen LogP contribution in [0.2, 0.25) is 0 Å². The lowest BCUT2D eigenvalue weighted by atomic mass is 9.87. The van der Waals surface area contributed by atoms with Gasteiger partial charge in [-0.1, -0.05) is 24.6 Å². The Morgan fingerprint density at radius 3 is 2.96 bits per heavy atom. The highest BCUT2D eigenvalue weighted by atomic mass is 16.6. The summed E-state index contributed by atoms with van der Waals surface area (Å²) in [7, 11) is 0. The van der Waals surface area contributed by atoms with E-state index in [1.165, 1.54) is 0 Å². The molecular weight excluding hydrogens is 304 g/mol. The fourth-order valence-electron chi connectivity index (χ4n) is 3.33. The van der Waals surface area contributed by atoms with E-state index in [2.05, 4.69) is 38.7 Å². The molecule has 6 nitrogen and oxygen atoms in total. The Hall–Kier alpha value is -2.89. The minimum Gasteiger partial charge on any atom is -0.436 e. The number of nitrogens with zero attached hydrogens (tertiary/aromatic N) is 2. The third-order valence-corrected chi connectivity index (χ3v) is 4.65. The topological polar surface area (TPSA) is 79.9 Å². The van der Waals surface area contributed by atoms with Crippen molar-refractivity contribution in [2.24, 2.45) is 0 Å². The molecule has 0 saturated carbocycles. The maximum absolute atomic E-state index is 11.6. The van der Waals surface area contributed by atoms with Gasteiger partial charge in [-0.15, -0.1) is 0 Å². The highest BCUT2D eigenvalue weighted by Crippen LogP contribution is 2.36. The first-order valence-corrected chi connectivity index (χ1v) is 7.99. The number of benzene rings is 1. The van der Waals surface area contributed by atoms with Gasteiger partial charge in [-0.05, 0) is 42.2 Å². The van der Waals surface area contributed by atoms with Crippen LogP contribution in [-0.4, -0.2) is 27.8 Å². The Bertz CT molecular complexity index is 934. The molecule has 1 unspecified atom stereocenters. The lowest BCUT2D eigenvalue weighted by molar-refractivity contribution is 0.0511. The molecule has 6 heteroatoms. The Morgan fingerprint density at radius 2 is 2.21 bits per heavy atom. The SMILES string of the molecule is CCC1(c2cc(C)cc(-c3ccnc4[nH]ncc34)c2)CNC(=O)O1. The second-order valence-electron chi connectivity index (χ2n) is 6.17. The van der Waals surface area contributed by atoms with Crippen LogP contribution in [0.5, 0.6) is 0 Å². The van der Waals surface area contributed by atoms with Crippen LogP contribution < -0.4 is 5.32 Å². The number of aromatic amines is 1. The zero-order valence-corrected chi connectivity index (χ0v) is 13.6. The summed E-state index contributed by atoms with van der Waals surface area (Å²) in [6, 6.07) is 8.28. The molecule has 122 valence electrons. The van der Waals surface area contributed by atoms with Crippen molar-refractivity contribution in [2.45, 2.75) is 25.9 Å². The second kappa shape index (κ2) is 5.33. The van der Waals surface area contributed by atoms with Gasteiger partial charge in [0.15, 0.2) is 11.2 Å². The highest BCUT2D eigenvalue weighted by molar-refractivity contribution is 5.92. The molecule has 1 amide bonds. The largest absolute Gasteiger partial charge is 0.436 e. The Kier molecular flexibility index (Phi) is 3.26. The number of rotatable bonds is 3. The van der Waals surface area contributed by atoms with Gasteiger partial charge in [0, 0.05) is 11.6 Å². The van der Waals surface area contributed by atoms with Crippen LogP contribution >= 0.6 is 0 Å². The van der Waals surface area contributed by atoms with E-state index in [9.17, 15) is 4.79 Å². The minimum absolute atomic E-state index is 0.360. The van der Waals surface area contributed by atoms with Crippen molar-refractivity contribution in [1.29, 1.82) is 0 Å². The number of aryl methyl sites for hydroxylation is 1. The maximum Gasteiger partial charge on any atom is 0.408 e. The Labute approximate surface area is 139 Å². The van der Waals surface area contributed by atoms with Crippen LogP contribution in [0.3, 0.4) is 0 Å². The summed E-state index contributed by atoms with van der Waals surface area (Å²) >= 11 is 0. The molecule has 0 aliphatic carbocycles. The lowest BCUT2D eigenvalue weighted by Gasteiger charge is -2.26. The molecule has 1 aliphatic heterocycles. The molecule has 2 aromatic heterocycles. The Morgan fingerprint density at radius 1 is 1.33 bits per heavy atom. The fraction of sp³-hybridized carbons (Fsp3) is 0.278. The predicted molar refractivity (Wildman–Crippen MR) is 90.5 cm³/mol. The van der Waals surface area contributed by atoms with E-state index in [-0.39, 0.29) is 6.09 Å². The van der Waals surface area contributed by atoms with E-state index in [1.54, 1.807) is 12.4 Å². The summed E-state index contributed by atoms with van der Waals surface area (Å²) < 4.78 is 5.62. The summed E-state index contributed by atoms with van der Waals surface area (Å²) in [4.78, 5) is 15.9. The minimum atomic E-state index is -0.611. The molecule has 1 atom stereocenters. The monoisotopic (exact) mass is 322 g/mol. The van der Waals surface area contributed by atoms with Gasteiger partial charge >= 0.3 is 6.09 Å². The highest BCUT2D eigenvalue weighted by Gasteiger charge is 2.40. The average molecular weight is 322 g/mol. The van der Waals surface area contributed by atoms with Crippen molar-refractivity contribution in [3.63, 3.8) is 0 Å². The molecule has 2 N–H and O–H groups in total. The number of carbonyl (C=O) groups excluding carboxylic acids is 1. The lowest BCUT2D eigenvalue weighted by Crippen LogP contribution is -2.29. The number of nitrogens with one attached hydrogen (secondary N) is 2. The number of hydrogen-bond acceptors (Lipinski definition) is 4. The van der Waals surface area contributed by atoms with Gasteiger partial charge in [-0.3, -0.25) is 5.10 Å². The number of H-pyrrole nitrogens is 1. The zero-order valence-electron chi connectivity index (χ0n) is 13.6. The first-order chi connectivity index (χ1) is 11.6. The van der Waals surface area contributed by atoms with E-state index >= 15 is 0 Å². The first kappa shape index (κ1) is 14.7. The van der Waals surface area contributed by atoms with Gasteiger partial charge in [-0.25, -0.2) is 9.78 Å². The number of cyclic esters (lactones) is 1. The van der Waals surface area contributed by atoms with Gasteiger partial charge in [0.05, 0.1) is 12.7 Å². The van der Waals surface area contributed by atoms with Gasteiger partial charge in [-0.2, -0.15) is 5.10 Å². The quantitative estimate of drug-likeness (QED) is 0.775. The zero-order chi connectivity index (χ0) is 16.7. The number of ether oxygens (including phenoxy) is 1. The van der Waals surface area contributed by atoms with Crippen LogP contribution in [0.1, 0.15) is 24.5 Å². The molecule has 1 fully saturated rings. The van der Waals surface area contributed by atoms with Crippen LogP contribution in [0, 0.1) is 6.92 Å². The number of hydrogen-bond donors (Lipinski definition) is 2.